The van der Waals surface area contributed by atoms with Gasteiger partial charge < -0.3 is 15.4 Å². The third kappa shape index (κ3) is 3.05. The van der Waals surface area contributed by atoms with Gasteiger partial charge in [-0.25, -0.2) is 8.78 Å². The molecule has 24 heavy (non-hydrogen) atoms. The second-order valence-corrected chi connectivity index (χ2v) is 5.31. The number of rotatable bonds is 3. The second-order valence-electron chi connectivity index (χ2n) is 5.31. The van der Waals surface area contributed by atoms with E-state index in [0.717, 1.165) is 0 Å². The van der Waals surface area contributed by atoms with Crippen molar-refractivity contribution in [1.82, 2.24) is 0 Å². The Labute approximate surface area is 136 Å². The molecule has 5 nitrogen and oxygen atoms in total. The maximum Gasteiger partial charge on any atom is 0.265 e. The van der Waals surface area contributed by atoms with E-state index in [2.05, 4.69) is 10.6 Å². The zero-order valence-electron chi connectivity index (χ0n) is 12.7. The van der Waals surface area contributed by atoms with Crippen molar-refractivity contribution in [3.05, 3.63) is 53.6 Å². The zero-order chi connectivity index (χ0) is 17.3. The minimum absolute atomic E-state index is 0.181. The Morgan fingerprint density at radius 2 is 2.00 bits per heavy atom. The predicted molar refractivity (Wildman–Crippen MR) is 84.5 cm³/mol. The Hall–Kier alpha value is -2.96. The van der Waals surface area contributed by atoms with Crippen LogP contribution in [0.2, 0.25) is 0 Å². The van der Waals surface area contributed by atoms with Crippen LogP contribution >= 0.6 is 0 Å². The van der Waals surface area contributed by atoms with E-state index in [1.807, 2.05) is 0 Å². The van der Waals surface area contributed by atoms with Gasteiger partial charge in [0.25, 0.3) is 18.2 Å². The van der Waals surface area contributed by atoms with Gasteiger partial charge >= 0.3 is 0 Å². The van der Waals surface area contributed by atoms with E-state index >= 15 is 0 Å². The molecule has 1 atom stereocenters. The minimum atomic E-state index is -2.62. The van der Waals surface area contributed by atoms with Gasteiger partial charge in [0, 0.05) is 11.3 Å². The lowest BCUT2D eigenvalue weighted by Gasteiger charge is -2.25. The molecule has 1 heterocycles. The number of carbonyl (C=O) groups is 2. The van der Waals surface area contributed by atoms with Crippen molar-refractivity contribution in [1.29, 1.82) is 0 Å². The highest BCUT2D eigenvalue weighted by molar-refractivity contribution is 6.09. The van der Waals surface area contributed by atoms with Gasteiger partial charge in [0.2, 0.25) is 0 Å². The van der Waals surface area contributed by atoms with E-state index < -0.39 is 18.4 Å². The van der Waals surface area contributed by atoms with Crippen molar-refractivity contribution in [3.63, 3.8) is 0 Å². The Morgan fingerprint density at radius 3 is 2.75 bits per heavy atom. The second kappa shape index (κ2) is 6.27. The summed E-state index contributed by atoms with van der Waals surface area (Å²) < 4.78 is 31.0. The largest absolute Gasteiger partial charge is 0.478 e. The summed E-state index contributed by atoms with van der Waals surface area (Å²) in [6.07, 6.45) is -3.35. The number of halogens is 2. The van der Waals surface area contributed by atoms with Crippen LogP contribution in [0.1, 0.15) is 29.3 Å². The van der Waals surface area contributed by atoms with Crippen LogP contribution in [0.4, 0.5) is 20.2 Å². The van der Waals surface area contributed by atoms with Crippen molar-refractivity contribution < 1.29 is 23.1 Å². The molecule has 0 bridgehead atoms. The summed E-state index contributed by atoms with van der Waals surface area (Å²) in [6.45, 7) is 1.57. The Bertz CT molecular complexity index is 808. The molecule has 2 aromatic rings. The first-order valence-corrected chi connectivity index (χ1v) is 7.25. The van der Waals surface area contributed by atoms with Crippen molar-refractivity contribution >= 4 is 23.2 Å². The number of amides is 2. The maximum atomic E-state index is 12.7. The van der Waals surface area contributed by atoms with Gasteiger partial charge in [-0.2, -0.15) is 0 Å². The number of fused-ring (bicyclic) bond motifs is 1. The monoisotopic (exact) mass is 332 g/mol. The highest BCUT2D eigenvalue weighted by Crippen LogP contribution is 2.34. The van der Waals surface area contributed by atoms with Gasteiger partial charge in [0.1, 0.15) is 0 Å². The van der Waals surface area contributed by atoms with Crippen LogP contribution in [0.5, 0.6) is 5.75 Å². The van der Waals surface area contributed by atoms with Crippen molar-refractivity contribution in [2.45, 2.75) is 19.5 Å². The van der Waals surface area contributed by atoms with Crippen LogP contribution in [0.25, 0.3) is 0 Å². The molecule has 2 N–H and O–H groups in total. The molecular weight excluding hydrogens is 318 g/mol. The van der Waals surface area contributed by atoms with E-state index in [-0.39, 0.29) is 28.5 Å². The Balaban J connectivity index is 1.88. The Kier molecular flexibility index (Phi) is 4.16. The van der Waals surface area contributed by atoms with Crippen LogP contribution in [-0.2, 0) is 4.79 Å². The van der Waals surface area contributed by atoms with Crippen LogP contribution in [0.3, 0.4) is 0 Å². The summed E-state index contributed by atoms with van der Waals surface area (Å²) in [5.74, 6) is -0.557. The summed E-state index contributed by atoms with van der Waals surface area (Å²) in [4.78, 5) is 24.1. The first-order chi connectivity index (χ1) is 11.5. The van der Waals surface area contributed by atoms with Gasteiger partial charge in [0.05, 0.1) is 11.3 Å². The van der Waals surface area contributed by atoms with Crippen LogP contribution in [0, 0.1) is 0 Å². The quantitative estimate of drug-likeness (QED) is 0.902. The zero-order valence-corrected chi connectivity index (χ0v) is 12.7. The fourth-order valence-corrected chi connectivity index (χ4v) is 2.36. The molecule has 0 unspecified atom stereocenters. The third-order valence-corrected chi connectivity index (χ3v) is 3.58. The van der Waals surface area contributed by atoms with Gasteiger partial charge in [-0.1, -0.05) is 18.2 Å². The van der Waals surface area contributed by atoms with Crippen molar-refractivity contribution in [2.75, 3.05) is 10.6 Å². The summed E-state index contributed by atoms with van der Waals surface area (Å²) in [5, 5.41) is 5.21. The number of nitrogens with one attached hydrogen (secondary N) is 2. The molecule has 3 rings (SSSR count). The molecule has 0 saturated carbocycles. The predicted octanol–water partition coefficient (Wildman–Crippen LogP) is 3.60. The molecule has 0 aromatic heterocycles. The van der Waals surface area contributed by atoms with Crippen molar-refractivity contribution in [3.8, 4) is 5.75 Å². The molecule has 0 fully saturated rings. The van der Waals surface area contributed by atoms with Crippen LogP contribution < -0.4 is 15.4 Å². The number of alkyl halides is 2. The average molecular weight is 332 g/mol. The molecule has 0 spiro atoms. The van der Waals surface area contributed by atoms with E-state index in [1.54, 1.807) is 19.1 Å². The summed E-state index contributed by atoms with van der Waals surface area (Å²) >= 11 is 0. The normalized spacial score (nSPS) is 16.2. The van der Waals surface area contributed by atoms with E-state index in [1.165, 1.54) is 30.3 Å². The highest BCUT2D eigenvalue weighted by atomic mass is 19.3. The number of anilines is 2. The molecule has 2 aromatic carbocycles. The number of benzene rings is 2. The molecule has 2 amide bonds. The topological polar surface area (TPSA) is 67.4 Å². The number of carbonyl (C=O) groups excluding carboxylic acids is 2. The lowest BCUT2D eigenvalue weighted by molar-refractivity contribution is -0.122. The van der Waals surface area contributed by atoms with E-state index in [4.69, 9.17) is 4.74 Å². The lowest BCUT2D eigenvalue weighted by atomic mass is 10.1. The highest BCUT2D eigenvalue weighted by Gasteiger charge is 2.27. The first-order valence-electron chi connectivity index (χ1n) is 7.25. The number of para-hydroxylation sites is 1. The summed E-state index contributed by atoms with van der Waals surface area (Å²) in [7, 11) is 0. The maximum absolute atomic E-state index is 12.7. The van der Waals surface area contributed by atoms with Crippen LogP contribution in [-0.4, -0.2) is 17.9 Å². The first kappa shape index (κ1) is 15.9. The van der Waals surface area contributed by atoms with E-state index in [0.29, 0.717) is 5.69 Å². The molecule has 0 aliphatic carbocycles. The lowest BCUT2D eigenvalue weighted by Crippen LogP contribution is -2.35. The standard InChI is InChI=1S/C17H14F2N2O3/c1-9-16(22)21-13-7-3-6-12(14(13)24-9)17(23)20-11-5-2-4-10(8-11)15(18)19/h2-9,15H,1H3,(H,20,23)(H,21,22)/t9-/m1/s1. The molecular formula is C17H14F2N2O3. The summed E-state index contributed by atoms with van der Waals surface area (Å²) in [6, 6.07) is 10.2. The fourth-order valence-electron chi connectivity index (χ4n) is 2.36. The summed E-state index contributed by atoms with van der Waals surface area (Å²) in [5.41, 5.74) is 0.678. The van der Waals surface area contributed by atoms with Gasteiger partial charge in [-0.3, -0.25) is 9.59 Å². The third-order valence-electron chi connectivity index (χ3n) is 3.58. The van der Waals surface area contributed by atoms with E-state index in [9.17, 15) is 18.4 Å². The minimum Gasteiger partial charge on any atom is -0.478 e. The molecule has 0 saturated heterocycles. The number of ether oxygens (including phenoxy) is 1. The number of hydrogen-bond donors (Lipinski definition) is 2. The van der Waals surface area contributed by atoms with Crippen LogP contribution in [0.15, 0.2) is 42.5 Å². The fraction of sp³-hybridized carbons (Fsp3) is 0.176. The molecule has 124 valence electrons. The molecule has 0 radical (unpaired) electrons. The van der Waals surface area contributed by atoms with Crippen molar-refractivity contribution in [2.24, 2.45) is 0 Å². The SMILES string of the molecule is C[C@H]1Oc2c(cccc2C(=O)Nc2cccc(C(F)F)c2)NC1=O. The molecule has 1 aliphatic rings. The average Bonchev–Trinajstić information content (AvgIpc) is 2.55. The molecule has 7 heteroatoms. The van der Waals surface area contributed by atoms with Gasteiger partial charge in [-0.05, 0) is 31.2 Å². The molecule has 1 aliphatic heterocycles. The van der Waals surface area contributed by atoms with Gasteiger partial charge in [0.15, 0.2) is 11.9 Å². The van der Waals surface area contributed by atoms with Gasteiger partial charge in [-0.15, -0.1) is 0 Å². The Morgan fingerprint density at radius 1 is 1.25 bits per heavy atom. The number of hydrogen-bond acceptors (Lipinski definition) is 3. The smallest absolute Gasteiger partial charge is 0.265 e.